The van der Waals surface area contributed by atoms with Crippen LogP contribution in [0.1, 0.15) is 20.8 Å². The summed E-state index contributed by atoms with van der Waals surface area (Å²) < 4.78 is 0. The van der Waals surface area contributed by atoms with E-state index in [-0.39, 0.29) is 36.8 Å². The van der Waals surface area contributed by atoms with Crippen LogP contribution in [0.15, 0.2) is 0 Å². The minimum atomic E-state index is -0.167. The van der Waals surface area contributed by atoms with Gasteiger partial charge in [-0.1, -0.05) is 0 Å². The summed E-state index contributed by atoms with van der Waals surface area (Å²) in [4.78, 5) is 24.2. The van der Waals surface area contributed by atoms with Gasteiger partial charge in [0.25, 0.3) is 0 Å². The van der Waals surface area contributed by atoms with E-state index in [9.17, 15) is 9.59 Å². The van der Waals surface area contributed by atoms with Crippen LogP contribution in [0.5, 0.6) is 0 Å². The first-order chi connectivity index (χ1) is 7.00. The van der Waals surface area contributed by atoms with Crippen molar-refractivity contribution in [3.63, 3.8) is 0 Å². The molecule has 0 aromatic heterocycles. The fourth-order valence-electron chi connectivity index (χ4n) is 1.67. The van der Waals surface area contributed by atoms with Gasteiger partial charge < -0.3 is 15.5 Å². The van der Waals surface area contributed by atoms with Gasteiger partial charge in [0.1, 0.15) is 0 Å². The molecule has 2 atom stereocenters. The number of carbonyl (C=O) groups is 2. The van der Waals surface area contributed by atoms with E-state index in [0.29, 0.717) is 12.6 Å². The summed E-state index contributed by atoms with van der Waals surface area (Å²) in [6.45, 7) is 7.09. The van der Waals surface area contributed by atoms with Crippen LogP contribution in [0.3, 0.4) is 0 Å². The zero-order chi connectivity index (χ0) is 11.4. The Hall–Kier alpha value is -0.810. The minimum Gasteiger partial charge on any atom is -0.347 e. The molecule has 0 saturated carbocycles. The number of rotatable bonds is 2. The minimum absolute atomic E-state index is 0. The fourth-order valence-corrected chi connectivity index (χ4v) is 1.67. The zero-order valence-corrected chi connectivity index (χ0v) is 10.8. The van der Waals surface area contributed by atoms with Crippen LogP contribution in [0.4, 0.5) is 0 Å². The number of halogens is 1. The van der Waals surface area contributed by atoms with Crippen molar-refractivity contribution in [1.82, 2.24) is 15.5 Å². The molecule has 6 heteroatoms. The number of nitrogens with zero attached hydrogens (tertiary/aromatic N) is 1. The lowest BCUT2D eigenvalue weighted by Crippen LogP contribution is -2.57. The molecule has 0 aromatic carbocycles. The van der Waals surface area contributed by atoms with Gasteiger partial charge in [-0.25, -0.2) is 0 Å². The summed E-state index contributed by atoms with van der Waals surface area (Å²) in [6.07, 6.45) is 0. The number of amides is 2. The van der Waals surface area contributed by atoms with Gasteiger partial charge in [0, 0.05) is 32.1 Å². The first-order valence-electron chi connectivity index (χ1n) is 5.28. The Morgan fingerprint density at radius 2 is 2.06 bits per heavy atom. The van der Waals surface area contributed by atoms with Gasteiger partial charge in [0.05, 0.1) is 6.54 Å². The van der Waals surface area contributed by atoms with Gasteiger partial charge >= 0.3 is 0 Å². The number of hydrogen-bond acceptors (Lipinski definition) is 3. The van der Waals surface area contributed by atoms with Crippen LogP contribution in [0.2, 0.25) is 0 Å². The van der Waals surface area contributed by atoms with E-state index in [1.807, 2.05) is 18.7 Å². The van der Waals surface area contributed by atoms with Gasteiger partial charge in [0.2, 0.25) is 11.8 Å². The molecule has 1 saturated heterocycles. The van der Waals surface area contributed by atoms with E-state index < -0.39 is 0 Å². The predicted octanol–water partition coefficient (Wildman–Crippen LogP) is -0.247. The van der Waals surface area contributed by atoms with E-state index in [0.717, 1.165) is 6.54 Å². The third kappa shape index (κ3) is 4.37. The standard InChI is InChI=1S/C10H19N3O2.ClH/c1-7-6-13(8(2)4-11-7)10(15)5-12-9(3)14;/h7-8,11H,4-6H2,1-3H3,(H,12,14);1H. The summed E-state index contributed by atoms with van der Waals surface area (Å²) in [5, 5.41) is 5.83. The molecule has 0 aromatic rings. The van der Waals surface area contributed by atoms with Crippen molar-refractivity contribution in [1.29, 1.82) is 0 Å². The van der Waals surface area contributed by atoms with Crippen LogP contribution in [0.25, 0.3) is 0 Å². The van der Waals surface area contributed by atoms with Crippen molar-refractivity contribution in [2.75, 3.05) is 19.6 Å². The van der Waals surface area contributed by atoms with Crippen LogP contribution in [0, 0.1) is 0 Å². The highest BCUT2D eigenvalue weighted by molar-refractivity contribution is 5.85. The molecule has 0 radical (unpaired) electrons. The average molecular weight is 250 g/mol. The second-order valence-corrected chi connectivity index (χ2v) is 4.11. The average Bonchev–Trinajstić information content (AvgIpc) is 2.18. The van der Waals surface area contributed by atoms with Gasteiger partial charge in [-0.05, 0) is 13.8 Å². The quantitative estimate of drug-likeness (QED) is 0.710. The van der Waals surface area contributed by atoms with Crippen LogP contribution in [-0.4, -0.2) is 48.4 Å². The van der Waals surface area contributed by atoms with Crippen LogP contribution in [-0.2, 0) is 9.59 Å². The Bertz CT molecular complexity index is 260. The summed E-state index contributed by atoms with van der Waals surface area (Å²) in [5.74, 6) is -0.176. The molecule has 2 amide bonds. The smallest absolute Gasteiger partial charge is 0.242 e. The van der Waals surface area contributed by atoms with E-state index in [4.69, 9.17) is 0 Å². The maximum Gasteiger partial charge on any atom is 0.242 e. The molecule has 2 unspecified atom stereocenters. The van der Waals surface area contributed by atoms with Crippen molar-refractivity contribution >= 4 is 24.2 Å². The Labute approximate surface area is 102 Å². The Morgan fingerprint density at radius 3 is 2.62 bits per heavy atom. The number of carbonyl (C=O) groups excluding carboxylic acids is 2. The van der Waals surface area contributed by atoms with Gasteiger partial charge in [-0.15, -0.1) is 12.4 Å². The molecule has 1 fully saturated rings. The van der Waals surface area contributed by atoms with Crippen molar-refractivity contribution < 1.29 is 9.59 Å². The molecule has 2 N–H and O–H groups in total. The Balaban J connectivity index is 0.00000225. The summed E-state index contributed by atoms with van der Waals surface area (Å²) in [5.41, 5.74) is 0. The van der Waals surface area contributed by atoms with Gasteiger partial charge in [-0.2, -0.15) is 0 Å². The normalized spacial score (nSPS) is 24.6. The summed E-state index contributed by atoms with van der Waals surface area (Å²) >= 11 is 0. The van der Waals surface area contributed by atoms with Gasteiger partial charge in [-0.3, -0.25) is 9.59 Å². The third-order valence-electron chi connectivity index (χ3n) is 2.57. The molecule has 94 valence electrons. The third-order valence-corrected chi connectivity index (χ3v) is 2.57. The topological polar surface area (TPSA) is 61.4 Å². The molecule has 1 aliphatic rings. The Kier molecular flexibility index (Phi) is 6.36. The summed E-state index contributed by atoms with van der Waals surface area (Å²) in [6, 6.07) is 0.518. The van der Waals surface area contributed by atoms with E-state index in [1.54, 1.807) is 0 Å². The van der Waals surface area contributed by atoms with Crippen molar-refractivity contribution in [3.8, 4) is 0 Å². The molecule has 1 rings (SSSR count). The SMILES string of the molecule is CC(=O)NCC(=O)N1CC(C)NCC1C.Cl. The van der Waals surface area contributed by atoms with Gasteiger partial charge in [0.15, 0.2) is 0 Å². The molecular formula is C10H20ClN3O2. The lowest BCUT2D eigenvalue weighted by Gasteiger charge is -2.37. The highest BCUT2D eigenvalue weighted by Gasteiger charge is 2.26. The lowest BCUT2D eigenvalue weighted by atomic mass is 10.1. The van der Waals surface area contributed by atoms with Crippen molar-refractivity contribution in [2.24, 2.45) is 0 Å². The maximum absolute atomic E-state index is 11.7. The molecule has 16 heavy (non-hydrogen) atoms. The summed E-state index contributed by atoms with van der Waals surface area (Å²) in [7, 11) is 0. The monoisotopic (exact) mass is 249 g/mol. The Morgan fingerprint density at radius 1 is 1.44 bits per heavy atom. The highest BCUT2D eigenvalue weighted by atomic mass is 35.5. The van der Waals surface area contributed by atoms with Crippen molar-refractivity contribution in [2.45, 2.75) is 32.9 Å². The molecule has 0 spiro atoms. The molecule has 1 aliphatic heterocycles. The largest absolute Gasteiger partial charge is 0.347 e. The molecule has 0 bridgehead atoms. The number of piperazine rings is 1. The van der Waals surface area contributed by atoms with Crippen LogP contribution < -0.4 is 10.6 Å². The van der Waals surface area contributed by atoms with Crippen molar-refractivity contribution in [3.05, 3.63) is 0 Å². The number of nitrogens with one attached hydrogen (secondary N) is 2. The molecule has 0 aliphatic carbocycles. The first kappa shape index (κ1) is 15.2. The molecule has 5 nitrogen and oxygen atoms in total. The molecular weight excluding hydrogens is 230 g/mol. The fraction of sp³-hybridized carbons (Fsp3) is 0.800. The second-order valence-electron chi connectivity index (χ2n) is 4.11. The second kappa shape index (κ2) is 6.70. The lowest BCUT2D eigenvalue weighted by molar-refractivity contribution is -0.135. The first-order valence-corrected chi connectivity index (χ1v) is 5.28. The number of hydrogen-bond donors (Lipinski definition) is 2. The maximum atomic E-state index is 11.7. The predicted molar refractivity (Wildman–Crippen MR) is 64.6 cm³/mol. The van der Waals surface area contributed by atoms with E-state index in [1.165, 1.54) is 6.92 Å². The van der Waals surface area contributed by atoms with E-state index in [2.05, 4.69) is 10.6 Å². The molecule has 1 heterocycles. The van der Waals surface area contributed by atoms with Crippen LogP contribution >= 0.6 is 12.4 Å². The highest BCUT2D eigenvalue weighted by Crippen LogP contribution is 2.06. The zero-order valence-electron chi connectivity index (χ0n) is 9.95. The van der Waals surface area contributed by atoms with E-state index >= 15 is 0 Å².